The Bertz CT molecular complexity index is 867. The number of ether oxygens (including phenoxy) is 2. The summed E-state index contributed by atoms with van der Waals surface area (Å²) in [5, 5.41) is 0. The van der Waals surface area contributed by atoms with Crippen LogP contribution in [0.1, 0.15) is 27.4 Å². The van der Waals surface area contributed by atoms with E-state index in [0.717, 1.165) is 11.5 Å². The number of para-hydroxylation sites is 1. The minimum atomic E-state index is -0.578. The summed E-state index contributed by atoms with van der Waals surface area (Å²) in [5.74, 6) is 0.652. The second-order valence-electron chi connectivity index (χ2n) is 6.39. The van der Waals surface area contributed by atoms with Crippen LogP contribution in [0, 0.1) is 0 Å². The van der Waals surface area contributed by atoms with Gasteiger partial charge >= 0.3 is 11.9 Å². The predicted octanol–water partition coefficient (Wildman–Crippen LogP) is 3.92. The topological polar surface area (TPSA) is 72.9 Å². The van der Waals surface area contributed by atoms with Crippen molar-refractivity contribution in [2.75, 3.05) is 36.2 Å². The van der Waals surface area contributed by atoms with E-state index in [4.69, 9.17) is 9.47 Å². The van der Waals surface area contributed by atoms with Gasteiger partial charge in [0.05, 0.1) is 16.8 Å². The minimum absolute atomic E-state index is 0.221. The van der Waals surface area contributed by atoms with Crippen LogP contribution in [0.5, 0.6) is 0 Å². The molecule has 6 nitrogen and oxygen atoms in total. The first-order valence-corrected chi connectivity index (χ1v) is 11.7. The van der Waals surface area contributed by atoms with E-state index in [-0.39, 0.29) is 13.2 Å². The SMILES string of the molecule is CCOC(=O)CN(C(=O)COC(=O)c1ccc(C2SCCS2)cc1)c1ccccc1. The maximum atomic E-state index is 12.7. The van der Waals surface area contributed by atoms with Crippen LogP contribution in [0.4, 0.5) is 5.69 Å². The first kappa shape index (κ1) is 22.2. The Morgan fingerprint density at radius 2 is 1.63 bits per heavy atom. The van der Waals surface area contributed by atoms with Gasteiger partial charge < -0.3 is 9.47 Å². The summed E-state index contributed by atoms with van der Waals surface area (Å²) >= 11 is 3.78. The van der Waals surface area contributed by atoms with Crippen molar-refractivity contribution >= 4 is 47.1 Å². The fourth-order valence-corrected chi connectivity index (χ4v) is 5.74. The number of benzene rings is 2. The Labute approximate surface area is 184 Å². The first-order chi connectivity index (χ1) is 14.6. The zero-order chi connectivity index (χ0) is 21.3. The first-order valence-electron chi connectivity index (χ1n) is 9.60. The van der Waals surface area contributed by atoms with Crippen LogP contribution >= 0.6 is 23.5 Å². The molecule has 0 radical (unpaired) electrons. The van der Waals surface area contributed by atoms with Gasteiger partial charge in [-0.3, -0.25) is 14.5 Å². The molecule has 0 N–H and O–H groups in total. The second kappa shape index (κ2) is 11.1. The Morgan fingerprint density at radius 1 is 0.967 bits per heavy atom. The molecular weight excluding hydrogens is 422 g/mol. The number of amides is 1. The second-order valence-corrected chi connectivity index (χ2v) is 9.12. The van der Waals surface area contributed by atoms with Crippen LogP contribution in [0.3, 0.4) is 0 Å². The third kappa shape index (κ3) is 6.03. The molecule has 0 atom stereocenters. The highest BCUT2D eigenvalue weighted by atomic mass is 32.2. The highest BCUT2D eigenvalue weighted by Gasteiger charge is 2.22. The quantitative estimate of drug-likeness (QED) is 0.570. The van der Waals surface area contributed by atoms with Crippen LogP contribution in [0.15, 0.2) is 54.6 Å². The van der Waals surface area contributed by atoms with Crippen molar-refractivity contribution in [1.82, 2.24) is 0 Å². The lowest BCUT2D eigenvalue weighted by atomic mass is 10.1. The molecule has 1 fully saturated rings. The van der Waals surface area contributed by atoms with Gasteiger partial charge in [-0.05, 0) is 36.8 Å². The van der Waals surface area contributed by atoms with Gasteiger partial charge in [0.1, 0.15) is 6.54 Å². The number of carbonyl (C=O) groups excluding carboxylic acids is 3. The number of nitrogens with zero attached hydrogens (tertiary/aromatic N) is 1. The molecule has 0 spiro atoms. The average molecular weight is 446 g/mol. The van der Waals surface area contributed by atoms with Crippen molar-refractivity contribution < 1.29 is 23.9 Å². The maximum Gasteiger partial charge on any atom is 0.338 e. The fourth-order valence-electron chi connectivity index (χ4n) is 2.88. The van der Waals surface area contributed by atoms with Crippen LogP contribution in [-0.4, -0.2) is 49.1 Å². The Hall–Kier alpha value is -2.45. The van der Waals surface area contributed by atoms with Gasteiger partial charge in [0, 0.05) is 17.2 Å². The van der Waals surface area contributed by atoms with Gasteiger partial charge in [-0.1, -0.05) is 30.3 Å². The highest BCUT2D eigenvalue weighted by molar-refractivity contribution is 8.19. The molecule has 0 unspecified atom stereocenters. The molecule has 1 amide bonds. The molecule has 0 bridgehead atoms. The summed E-state index contributed by atoms with van der Waals surface area (Å²) in [4.78, 5) is 38.2. The minimum Gasteiger partial charge on any atom is -0.465 e. The number of thioether (sulfide) groups is 2. The van der Waals surface area contributed by atoms with E-state index in [1.807, 2.05) is 41.7 Å². The molecule has 1 heterocycles. The van der Waals surface area contributed by atoms with Gasteiger partial charge in [-0.25, -0.2) is 4.79 Å². The summed E-state index contributed by atoms with van der Waals surface area (Å²) in [5.41, 5.74) is 2.08. The predicted molar refractivity (Wildman–Crippen MR) is 120 cm³/mol. The molecule has 0 aliphatic carbocycles. The molecule has 0 saturated carbocycles. The Morgan fingerprint density at radius 3 is 2.27 bits per heavy atom. The van der Waals surface area contributed by atoms with Crippen molar-refractivity contribution in [1.29, 1.82) is 0 Å². The van der Waals surface area contributed by atoms with Crippen molar-refractivity contribution in [3.8, 4) is 0 Å². The molecule has 30 heavy (non-hydrogen) atoms. The molecule has 158 valence electrons. The largest absolute Gasteiger partial charge is 0.465 e. The van der Waals surface area contributed by atoms with Gasteiger partial charge in [0.15, 0.2) is 6.61 Å². The molecule has 8 heteroatoms. The van der Waals surface area contributed by atoms with Crippen molar-refractivity contribution in [2.24, 2.45) is 0 Å². The standard InChI is InChI=1S/C22H23NO5S2/c1-2-27-20(25)14-23(18-6-4-3-5-7-18)19(24)15-28-21(26)16-8-10-17(11-9-16)22-29-12-13-30-22/h3-11,22H,2,12-15H2,1H3. The number of hydrogen-bond donors (Lipinski definition) is 0. The van der Waals surface area contributed by atoms with Crippen molar-refractivity contribution in [3.63, 3.8) is 0 Å². The smallest absolute Gasteiger partial charge is 0.338 e. The number of anilines is 1. The summed E-state index contributed by atoms with van der Waals surface area (Å²) in [6, 6.07) is 16.0. The van der Waals surface area contributed by atoms with E-state index in [0.29, 0.717) is 15.8 Å². The molecule has 3 rings (SSSR count). The maximum absolute atomic E-state index is 12.7. The van der Waals surface area contributed by atoms with Crippen molar-refractivity contribution in [2.45, 2.75) is 11.5 Å². The molecule has 1 saturated heterocycles. The van der Waals surface area contributed by atoms with Gasteiger partial charge in [-0.2, -0.15) is 0 Å². The molecule has 1 aliphatic rings. The third-order valence-corrected chi connectivity index (χ3v) is 7.43. The van der Waals surface area contributed by atoms with Crippen LogP contribution in [-0.2, 0) is 19.1 Å². The lowest BCUT2D eigenvalue weighted by molar-refractivity contribution is -0.142. The monoisotopic (exact) mass is 445 g/mol. The van der Waals surface area contributed by atoms with Crippen LogP contribution < -0.4 is 4.90 Å². The summed E-state index contributed by atoms with van der Waals surface area (Å²) in [7, 11) is 0. The molecule has 2 aromatic rings. The van der Waals surface area contributed by atoms with E-state index in [2.05, 4.69) is 0 Å². The van der Waals surface area contributed by atoms with Gasteiger partial charge in [0.25, 0.3) is 5.91 Å². The summed E-state index contributed by atoms with van der Waals surface area (Å²) in [6.07, 6.45) is 0. The Kier molecular flexibility index (Phi) is 8.21. The van der Waals surface area contributed by atoms with Crippen LogP contribution in [0.2, 0.25) is 0 Å². The summed E-state index contributed by atoms with van der Waals surface area (Å²) in [6.45, 7) is 1.20. The molecule has 0 aromatic heterocycles. The zero-order valence-electron chi connectivity index (χ0n) is 16.6. The zero-order valence-corrected chi connectivity index (χ0v) is 18.2. The molecular formula is C22H23NO5S2. The fraction of sp³-hybridized carbons (Fsp3) is 0.318. The summed E-state index contributed by atoms with van der Waals surface area (Å²) < 4.78 is 10.6. The Balaban J connectivity index is 1.61. The lowest BCUT2D eigenvalue weighted by Gasteiger charge is -2.21. The molecule has 2 aromatic carbocycles. The third-order valence-electron chi connectivity index (χ3n) is 4.33. The molecule has 1 aliphatic heterocycles. The number of rotatable bonds is 8. The van der Waals surface area contributed by atoms with E-state index in [1.165, 1.54) is 10.5 Å². The lowest BCUT2D eigenvalue weighted by Crippen LogP contribution is -2.39. The van der Waals surface area contributed by atoms with Gasteiger partial charge in [-0.15, -0.1) is 23.5 Å². The average Bonchev–Trinajstić information content (AvgIpc) is 3.31. The van der Waals surface area contributed by atoms with E-state index in [9.17, 15) is 14.4 Å². The van der Waals surface area contributed by atoms with E-state index >= 15 is 0 Å². The number of hydrogen-bond acceptors (Lipinski definition) is 7. The number of carbonyl (C=O) groups is 3. The normalized spacial score (nSPS) is 13.6. The highest BCUT2D eigenvalue weighted by Crippen LogP contribution is 2.45. The van der Waals surface area contributed by atoms with Crippen LogP contribution in [0.25, 0.3) is 0 Å². The number of esters is 2. The van der Waals surface area contributed by atoms with E-state index < -0.39 is 24.5 Å². The van der Waals surface area contributed by atoms with Crippen molar-refractivity contribution in [3.05, 3.63) is 65.7 Å². The van der Waals surface area contributed by atoms with E-state index in [1.54, 1.807) is 43.3 Å². The van der Waals surface area contributed by atoms with Gasteiger partial charge in [0.2, 0.25) is 0 Å².